The predicted octanol–water partition coefficient (Wildman–Crippen LogP) is 1.23. The Hall–Kier alpha value is -2.44. The van der Waals surface area contributed by atoms with Crippen LogP contribution in [0, 0.1) is 6.92 Å². The van der Waals surface area contributed by atoms with Crippen molar-refractivity contribution in [2.24, 2.45) is 0 Å². The minimum absolute atomic E-state index is 0.144. The van der Waals surface area contributed by atoms with Crippen LogP contribution in [0.3, 0.4) is 0 Å². The highest BCUT2D eigenvalue weighted by atomic mass is 32.1. The van der Waals surface area contributed by atoms with Gasteiger partial charge in [-0.25, -0.2) is 0 Å². The van der Waals surface area contributed by atoms with E-state index in [2.05, 4.69) is 48.6 Å². The predicted molar refractivity (Wildman–Crippen MR) is 121 cm³/mol. The highest BCUT2D eigenvalue weighted by Crippen LogP contribution is 2.03. The molecule has 0 unspecified atom stereocenters. The maximum Gasteiger partial charge on any atom is 0.242 e. The molecule has 2 aromatic rings. The van der Waals surface area contributed by atoms with Crippen molar-refractivity contribution in [1.29, 1.82) is 0 Å². The summed E-state index contributed by atoms with van der Waals surface area (Å²) < 4.78 is 0. The number of likely N-dealkylation sites (N-methyl/N-ethyl adjacent to an activating group) is 1. The van der Waals surface area contributed by atoms with Gasteiger partial charge in [-0.15, -0.1) is 0 Å². The number of benzene rings is 2. The Labute approximate surface area is 179 Å². The third kappa shape index (κ3) is 6.54. The first kappa shape index (κ1) is 21.3. The normalized spacial score (nSPS) is 14.5. The molecule has 1 fully saturated rings. The molecule has 0 aromatic heterocycles. The number of nitrogens with one attached hydrogen (secondary N) is 2. The van der Waals surface area contributed by atoms with E-state index in [-0.39, 0.29) is 5.91 Å². The van der Waals surface area contributed by atoms with Gasteiger partial charge < -0.3 is 20.0 Å². The molecule has 6 heteroatoms. The van der Waals surface area contributed by atoms with Gasteiger partial charge >= 0.3 is 0 Å². The summed E-state index contributed by atoms with van der Waals surface area (Å²) in [7, 11) is 1.87. The summed E-state index contributed by atoms with van der Waals surface area (Å²) in [6, 6.07) is 18.8. The molecule has 29 heavy (non-hydrogen) atoms. The number of amides is 1. The molecule has 1 aliphatic heterocycles. The lowest BCUT2D eigenvalue weighted by molar-refractivity contribution is -0.917. The van der Waals surface area contributed by atoms with E-state index in [1.54, 1.807) is 0 Å². The Bertz CT molecular complexity index is 819. The van der Waals surface area contributed by atoms with Crippen molar-refractivity contribution in [1.82, 2.24) is 15.1 Å². The van der Waals surface area contributed by atoms with Crippen molar-refractivity contribution in [3.05, 3.63) is 71.3 Å². The van der Waals surface area contributed by atoms with Crippen LogP contribution in [0.25, 0.3) is 0 Å². The zero-order chi connectivity index (χ0) is 20.6. The highest BCUT2D eigenvalue weighted by molar-refractivity contribution is 7.80. The molecule has 1 heterocycles. The van der Waals surface area contributed by atoms with E-state index in [1.165, 1.54) is 21.6 Å². The number of aryl methyl sites for hydroxylation is 1. The number of piperazine rings is 1. The smallest absolute Gasteiger partial charge is 0.242 e. The van der Waals surface area contributed by atoms with Crippen LogP contribution in [-0.4, -0.2) is 60.6 Å². The van der Waals surface area contributed by atoms with Crippen molar-refractivity contribution >= 4 is 23.2 Å². The average Bonchev–Trinajstić information content (AvgIpc) is 2.73. The van der Waals surface area contributed by atoms with Gasteiger partial charge in [0.2, 0.25) is 5.91 Å². The molecule has 2 aromatic carbocycles. The van der Waals surface area contributed by atoms with Crippen molar-refractivity contribution in [3.8, 4) is 0 Å². The van der Waals surface area contributed by atoms with Gasteiger partial charge in [0, 0.05) is 19.2 Å². The van der Waals surface area contributed by atoms with Crippen molar-refractivity contribution < 1.29 is 9.69 Å². The first-order valence-electron chi connectivity index (χ1n) is 10.2. The summed E-state index contributed by atoms with van der Waals surface area (Å²) in [5, 5.41) is 3.83. The summed E-state index contributed by atoms with van der Waals surface area (Å²) in [6.45, 7) is 7.71. The fourth-order valence-corrected chi connectivity index (χ4v) is 3.78. The summed E-state index contributed by atoms with van der Waals surface area (Å²) in [5.41, 5.74) is 3.84. The Morgan fingerprint density at radius 1 is 1.10 bits per heavy atom. The van der Waals surface area contributed by atoms with E-state index < -0.39 is 0 Å². The first-order valence-corrected chi connectivity index (χ1v) is 10.6. The zero-order valence-corrected chi connectivity index (χ0v) is 18.2. The van der Waals surface area contributed by atoms with Gasteiger partial charge in [0.15, 0.2) is 5.11 Å². The van der Waals surface area contributed by atoms with E-state index >= 15 is 0 Å². The topological polar surface area (TPSA) is 40.0 Å². The van der Waals surface area contributed by atoms with E-state index in [1.807, 2.05) is 35.0 Å². The lowest BCUT2D eigenvalue weighted by Gasteiger charge is -2.33. The monoisotopic (exact) mass is 411 g/mol. The number of rotatable bonds is 6. The lowest BCUT2D eigenvalue weighted by Crippen LogP contribution is -3.13. The number of hydrogen-bond donors (Lipinski definition) is 2. The van der Waals surface area contributed by atoms with Gasteiger partial charge in [-0.2, -0.15) is 0 Å². The van der Waals surface area contributed by atoms with Crippen LogP contribution in [0.15, 0.2) is 54.6 Å². The number of carbonyl (C=O) groups excluding carboxylic acids is 1. The number of quaternary nitrogens is 1. The van der Waals surface area contributed by atoms with Crippen molar-refractivity contribution in [3.63, 3.8) is 0 Å². The highest BCUT2D eigenvalue weighted by Gasteiger charge is 2.24. The lowest BCUT2D eigenvalue weighted by atomic mass is 10.1. The summed E-state index contributed by atoms with van der Waals surface area (Å²) >= 11 is 5.44. The third-order valence-corrected chi connectivity index (χ3v) is 5.82. The molecule has 2 N–H and O–H groups in total. The minimum Gasteiger partial charge on any atom is -0.358 e. The SMILES string of the molecule is Cc1cccc(C[NH+]2CCN(C(=O)CN(C)C(=S)NCc3ccccc3)CC2)c1. The molecule has 0 bridgehead atoms. The number of nitrogens with zero attached hydrogens (tertiary/aromatic N) is 2. The van der Waals surface area contributed by atoms with E-state index in [0.717, 1.165) is 32.7 Å². The quantitative estimate of drug-likeness (QED) is 0.702. The average molecular weight is 412 g/mol. The molecular weight excluding hydrogens is 380 g/mol. The van der Waals surface area contributed by atoms with Crippen LogP contribution in [0.1, 0.15) is 16.7 Å². The van der Waals surface area contributed by atoms with Crippen LogP contribution in [0.4, 0.5) is 0 Å². The van der Waals surface area contributed by atoms with Crippen LogP contribution < -0.4 is 10.2 Å². The van der Waals surface area contributed by atoms with Gasteiger partial charge in [-0.05, 0) is 24.7 Å². The second-order valence-corrected chi connectivity index (χ2v) is 8.18. The largest absolute Gasteiger partial charge is 0.358 e. The van der Waals surface area contributed by atoms with E-state index in [0.29, 0.717) is 18.2 Å². The minimum atomic E-state index is 0.144. The summed E-state index contributed by atoms with van der Waals surface area (Å²) in [4.78, 5) is 18.0. The molecule has 1 aliphatic rings. The first-order chi connectivity index (χ1) is 14.0. The van der Waals surface area contributed by atoms with Crippen LogP contribution in [0.5, 0.6) is 0 Å². The van der Waals surface area contributed by atoms with Crippen LogP contribution in [0.2, 0.25) is 0 Å². The maximum atomic E-state index is 12.7. The standard InChI is InChI=1S/C23H30N4OS/c1-19-7-6-10-21(15-19)17-26-11-13-27(14-12-26)22(28)18-25(2)23(29)24-16-20-8-4-3-5-9-20/h3-10,15H,11-14,16-18H2,1-2H3,(H,24,29)/p+1. The maximum absolute atomic E-state index is 12.7. The van der Waals surface area contributed by atoms with Crippen molar-refractivity contribution in [2.75, 3.05) is 39.8 Å². The number of thiocarbonyl (C=S) groups is 1. The second kappa shape index (κ2) is 10.4. The Morgan fingerprint density at radius 3 is 2.48 bits per heavy atom. The Kier molecular flexibility index (Phi) is 7.61. The molecule has 0 atom stereocenters. The molecule has 0 spiro atoms. The molecule has 0 radical (unpaired) electrons. The van der Waals surface area contributed by atoms with Gasteiger partial charge in [0.25, 0.3) is 0 Å². The zero-order valence-electron chi connectivity index (χ0n) is 17.4. The molecule has 0 saturated carbocycles. The summed E-state index contributed by atoms with van der Waals surface area (Å²) in [5.74, 6) is 0.144. The molecule has 5 nitrogen and oxygen atoms in total. The molecule has 1 saturated heterocycles. The second-order valence-electron chi connectivity index (χ2n) is 7.80. The summed E-state index contributed by atoms with van der Waals surface area (Å²) in [6.07, 6.45) is 0. The van der Waals surface area contributed by atoms with Gasteiger partial charge in [0.1, 0.15) is 6.54 Å². The van der Waals surface area contributed by atoms with Gasteiger partial charge in [-0.3, -0.25) is 4.79 Å². The molecule has 154 valence electrons. The third-order valence-electron chi connectivity index (χ3n) is 5.37. The molecule has 3 rings (SSSR count). The molecule has 1 amide bonds. The fraction of sp³-hybridized carbons (Fsp3) is 0.391. The molecule has 0 aliphatic carbocycles. The van der Waals surface area contributed by atoms with Gasteiger partial charge in [-0.1, -0.05) is 60.2 Å². The van der Waals surface area contributed by atoms with Crippen molar-refractivity contribution in [2.45, 2.75) is 20.0 Å². The molecular formula is C23H31N4OS+. The van der Waals surface area contributed by atoms with E-state index in [4.69, 9.17) is 12.2 Å². The van der Waals surface area contributed by atoms with Crippen LogP contribution in [-0.2, 0) is 17.9 Å². The number of carbonyl (C=O) groups is 1. The fourth-order valence-electron chi connectivity index (χ4n) is 3.64. The Balaban J connectivity index is 1.40. The Morgan fingerprint density at radius 2 is 1.79 bits per heavy atom. The van der Waals surface area contributed by atoms with Gasteiger partial charge in [0.05, 0.1) is 32.7 Å². The van der Waals surface area contributed by atoms with Crippen LogP contribution >= 0.6 is 12.2 Å². The number of hydrogen-bond acceptors (Lipinski definition) is 2. The van der Waals surface area contributed by atoms with E-state index in [9.17, 15) is 4.79 Å².